The van der Waals surface area contributed by atoms with Crippen LogP contribution in [0.5, 0.6) is 17.2 Å². The Morgan fingerprint density at radius 3 is 2.41 bits per heavy atom. The Balaban J connectivity index is 1.90. The number of carbonyl (C=O) groups excluding carboxylic acids is 1. The molecule has 1 N–H and O–H groups in total. The Kier molecular flexibility index (Phi) is 5.46. The highest BCUT2D eigenvalue weighted by Crippen LogP contribution is 2.34. The average molecular weight is 389 g/mol. The second-order valence-electron chi connectivity index (χ2n) is 6.00. The molecular weight excluding hydrogens is 368 g/mol. The molecule has 1 amide bonds. The summed E-state index contributed by atoms with van der Waals surface area (Å²) in [5.41, 5.74) is 1.45. The molecule has 0 saturated carbocycles. The third kappa shape index (κ3) is 3.66. The van der Waals surface area contributed by atoms with Crippen LogP contribution in [-0.4, -0.2) is 31.8 Å². The smallest absolute Gasteiger partial charge is 0.247 e. The Labute approximate surface area is 162 Å². The highest BCUT2D eigenvalue weighted by Gasteiger charge is 2.19. The van der Waals surface area contributed by atoms with Crippen molar-refractivity contribution >= 4 is 34.1 Å². The first kappa shape index (κ1) is 18.9. The van der Waals surface area contributed by atoms with E-state index in [0.29, 0.717) is 28.0 Å². The van der Waals surface area contributed by atoms with Crippen LogP contribution in [0.1, 0.15) is 13.0 Å². The van der Waals surface area contributed by atoms with E-state index in [1.807, 2.05) is 35.9 Å². The van der Waals surface area contributed by atoms with Gasteiger partial charge in [0, 0.05) is 29.4 Å². The van der Waals surface area contributed by atoms with Crippen LogP contribution >= 0.6 is 11.6 Å². The number of fused-ring (bicyclic) bond motifs is 1. The normalized spacial score (nSPS) is 11.9. The maximum atomic E-state index is 12.8. The molecule has 0 saturated heterocycles. The number of hydrogen-bond acceptors (Lipinski definition) is 4. The minimum absolute atomic E-state index is 0.171. The third-order valence-electron chi connectivity index (χ3n) is 4.45. The lowest BCUT2D eigenvalue weighted by Crippen LogP contribution is -2.23. The Morgan fingerprint density at radius 2 is 1.78 bits per heavy atom. The summed E-state index contributed by atoms with van der Waals surface area (Å²) in [6.07, 6.45) is 1.86. The van der Waals surface area contributed by atoms with Crippen LogP contribution in [0.4, 0.5) is 5.69 Å². The summed E-state index contributed by atoms with van der Waals surface area (Å²) in [4.78, 5) is 12.8. The van der Waals surface area contributed by atoms with E-state index in [0.717, 1.165) is 10.9 Å². The molecule has 7 heteroatoms. The maximum Gasteiger partial charge on any atom is 0.247 e. The summed E-state index contributed by atoms with van der Waals surface area (Å²) in [5, 5.41) is 4.22. The lowest BCUT2D eigenvalue weighted by atomic mass is 10.2. The predicted molar refractivity (Wildman–Crippen MR) is 106 cm³/mol. The molecule has 1 atom stereocenters. The summed E-state index contributed by atoms with van der Waals surface area (Å²) in [7, 11) is 4.74. The van der Waals surface area contributed by atoms with Crippen LogP contribution in [0.25, 0.3) is 10.9 Å². The number of aromatic nitrogens is 1. The van der Waals surface area contributed by atoms with Gasteiger partial charge in [-0.2, -0.15) is 0 Å². The van der Waals surface area contributed by atoms with Crippen LogP contribution in [0.15, 0.2) is 42.6 Å². The van der Waals surface area contributed by atoms with Crippen molar-refractivity contribution in [3.05, 3.63) is 47.6 Å². The van der Waals surface area contributed by atoms with Crippen molar-refractivity contribution in [3.63, 3.8) is 0 Å². The zero-order valence-corrected chi connectivity index (χ0v) is 16.3. The van der Waals surface area contributed by atoms with Crippen molar-refractivity contribution in [3.8, 4) is 17.2 Å². The SMILES string of the molecule is COc1cc(OC)c2ccn(C(C)C(=O)Nc3ccc(OC)c(Cl)c3)c2c1. The van der Waals surface area contributed by atoms with Gasteiger partial charge in [0.25, 0.3) is 0 Å². The molecule has 2 aromatic carbocycles. The quantitative estimate of drug-likeness (QED) is 0.674. The van der Waals surface area contributed by atoms with Gasteiger partial charge in [-0.25, -0.2) is 0 Å². The van der Waals surface area contributed by atoms with Gasteiger partial charge in [0.05, 0.1) is 31.9 Å². The Bertz CT molecular complexity index is 984. The van der Waals surface area contributed by atoms with E-state index in [4.69, 9.17) is 25.8 Å². The van der Waals surface area contributed by atoms with Gasteiger partial charge in [0.15, 0.2) is 0 Å². The van der Waals surface area contributed by atoms with Crippen LogP contribution in [-0.2, 0) is 4.79 Å². The number of ether oxygens (including phenoxy) is 3. The predicted octanol–water partition coefficient (Wildman–Crippen LogP) is 4.52. The molecule has 6 nitrogen and oxygen atoms in total. The number of rotatable bonds is 6. The number of methoxy groups -OCH3 is 3. The zero-order valence-electron chi connectivity index (χ0n) is 15.6. The zero-order chi connectivity index (χ0) is 19.6. The molecule has 0 spiro atoms. The maximum absolute atomic E-state index is 12.8. The lowest BCUT2D eigenvalue weighted by Gasteiger charge is -2.17. The monoisotopic (exact) mass is 388 g/mol. The van der Waals surface area contributed by atoms with Crippen molar-refractivity contribution in [1.29, 1.82) is 0 Å². The standard InChI is InChI=1S/C20H21ClN2O4/c1-12(20(24)22-13-5-6-18(26-3)16(21)9-13)23-8-7-15-17(23)10-14(25-2)11-19(15)27-4/h5-12H,1-4H3,(H,22,24). The summed E-state index contributed by atoms with van der Waals surface area (Å²) >= 11 is 6.13. The first-order valence-corrected chi connectivity index (χ1v) is 8.73. The first-order valence-electron chi connectivity index (χ1n) is 8.35. The summed E-state index contributed by atoms with van der Waals surface area (Å²) in [6.45, 7) is 1.83. The van der Waals surface area contributed by atoms with Crippen molar-refractivity contribution in [2.45, 2.75) is 13.0 Å². The molecule has 1 aromatic heterocycles. The molecule has 1 heterocycles. The fourth-order valence-corrected chi connectivity index (χ4v) is 3.20. The van der Waals surface area contributed by atoms with Gasteiger partial charge in [-0.15, -0.1) is 0 Å². The molecule has 0 aliphatic carbocycles. The number of amides is 1. The minimum atomic E-state index is -0.458. The van der Waals surface area contributed by atoms with E-state index in [1.165, 1.54) is 0 Å². The number of anilines is 1. The van der Waals surface area contributed by atoms with Crippen LogP contribution in [0, 0.1) is 0 Å². The lowest BCUT2D eigenvalue weighted by molar-refractivity contribution is -0.118. The highest BCUT2D eigenvalue weighted by atomic mass is 35.5. The van der Waals surface area contributed by atoms with Gasteiger partial charge in [-0.1, -0.05) is 11.6 Å². The molecule has 3 rings (SSSR count). The number of nitrogens with zero attached hydrogens (tertiary/aromatic N) is 1. The Morgan fingerprint density at radius 1 is 1.04 bits per heavy atom. The molecule has 3 aromatic rings. The Hall–Kier alpha value is -2.86. The number of halogens is 1. The fourth-order valence-electron chi connectivity index (χ4n) is 2.95. The highest BCUT2D eigenvalue weighted by molar-refractivity contribution is 6.32. The summed E-state index contributed by atoms with van der Waals surface area (Å²) in [5.74, 6) is 1.74. The second-order valence-corrected chi connectivity index (χ2v) is 6.41. The fraction of sp³-hybridized carbons (Fsp3) is 0.250. The van der Waals surface area contributed by atoms with Crippen molar-refractivity contribution in [2.24, 2.45) is 0 Å². The van der Waals surface area contributed by atoms with Crippen LogP contribution < -0.4 is 19.5 Å². The topological polar surface area (TPSA) is 61.7 Å². The van der Waals surface area contributed by atoms with Gasteiger partial charge in [0.1, 0.15) is 23.3 Å². The molecule has 0 radical (unpaired) electrons. The summed E-state index contributed by atoms with van der Waals surface area (Å²) < 4.78 is 17.8. The van der Waals surface area contributed by atoms with E-state index in [1.54, 1.807) is 39.5 Å². The number of carbonyl (C=O) groups is 1. The molecular formula is C20H21ClN2O4. The van der Waals surface area contributed by atoms with Gasteiger partial charge in [-0.3, -0.25) is 4.79 Å². The van der Waals surface area contributed by atoms with E-state index in [2.05, 4.69) is 5.32 Å². The van der Waals surface area contributed by atoms with E-state index in [-0.39, 0.29) is 5.91 Å². The minimum Gasteiger partial charge on any atom is -0.497 e. The number of nitrogens with one attached hydrogen (secondary N) is 1. The van der Waals surface area contributed by atoms with Gasteiger partial charge in [0.2, 0.25) is 5.91 Å². The van der Waals surface area contributed by atoms with Gasteiger partial charge < -0.3 is 24.1 Å². The number of benzene rings is 2. The van der Waals surface area contributed by atoms with E-state index < -0.39 is 6.04 Å². The van der Waals surface area contributed by atoms with Crippen molar-refractivity contribution in [1.82, 2.24) is 4.57 Å². The average Bonchev–Trinajstić information content (AvgIpc) is 3.10. The first-order chi connectivity index (χ1) is 13.0. The van der Waals surface area contributed by atoms with Gasteiger partial charge in [-0.05, 0) is 31.2 Å². The molecule has 0 fully saturated rings. The number of hydrogen-bond donors (Lipinski definition) is 1. The molecule has 142 valence electrons. The molecule has 0 aliphatic heterocycles. The van der Waals surface area contributed by atoms with Crippen molar-refractivity contribution in [2.75, 3.05) is 26.6 Å². The van der Waals surface area contributed by atoms with Crippen LogP contribution in [0.3, 0.4) is 0 Å². The largest absolute Gasteiger partial charge is 0.497 e. The molecule has 27 heavy (non-hydrogen) atoms. The molecule has 0 aliphatic rings. The van der Waals surface area contributed by atoms with E-state index >= 15 is 0 Å². The molecule has 1 unspecified atom stereocenters. The van der Waals surface area contributed by atoms with Crippen LogP contribution in [0.2, 0.25) is 5.02 Å². The third-order valence-corrected chi connectivity index (χ3v) is 4.74. The molecule has 0 bridgehead atoms. The van der Waals surface area contributed by atoms with E-state index in [9.17, 15) is 4.79 Å². The summed E-state index contributed by atoms with van der Waals surface area (Å²) in [6, 6.07) is 10.3. The van der Waals surface area contributed by atoms with Gasteiger partial charge >= 0.3 is 0 Å². The second kappa shape index (κ2) is 7.80. The van der Waals surface area contributed by atoms with Crippen molar-refractivity contribution < 1.29 is 19.0 Å².